The lowest BCUT2D eigenvalue weighted by molar-refractivity contribution is -0.0947. The van der Waals surface area contributed by atoms with Gasteiger partial charge in [-0.1, -0.05) is 0 Å². The van der Waals surface area contributed by atoms with Gasteiger partial charge < -0.3 is 20.1 Å². The Balaban J connectivity index is 1.43. The lowest BCUT2D eigenvalue weighted by Crippen LogP contribution is -2.54. The highest BCUT2D eigenvalue weighted by molar-refractivity contribution is 5.99. The topological polar surface area (TPSA) is 114 Å². The first-order valence-electron chi connectivity index (χ1n) is 10.2. The molecule has 2 aliphatic rings. The average molecular weight is 463 g/mol. The van der Waals surface area contributed by atoms with E-state index in [0.717, 1.165) is 0 Å². The Morgan fingerprint density at radius 3 is 2.76 bits per heavy atom. The van der Waals surface area contributed by atoms with Crippen molar-refractivity contribution in [1.82, 2.24) is 25.4 Å². The van der Waals surface area contributed by atoms with E-state index < -0.39 is 23.7 Å². The monoisotopic (exact) mass is 463 g/mol. The number of carbonyl (C=O) groups is 1. The Labute approximate surface area is 185 Å². The summed E-state index contributed by atoms with van der Waals surface area (Å²) < 4.78 is 52.6. The number of carbonyl (C=O) groups excluding carboxylic acids is 1. The number of anilines is 3. The standard InChI is InChI=1S/C20H20F3N7O3/c1-24-16-6-15(26-13-4-10(21)5-14-17(13)33-3-2-32-14)27-18-12(9-25-30(16)18)19(31)29-28-11-7-20(22,23)8-11/h4-6,9,11,24,28H,2-3,7-8H2,1H3,(H,26,27)(H,29,31). The summed E-state index contributed by atoms with van der Waals surface area (Å²) in [5, 5.41) is 10.1. The lowest BCUT2D eigenvalue weighted by Gasteiger charge is -2.35. The van der Waals surface area contributed by atoms with E-state index in [1.165, 1.54) is 22.8 Å². The molecule has 3 heterocycles. The number of hydrazine groups is 1. The Kier molecular flexibility index (Phi) is 5.12. The molecule has 0 radical (unpaired) electrons. The second kappa shape index (κ2) is 7.99. The summed E-state index contributed by atoms with van der Waals surface area (Å²) in [4.78, 5) is 17.1. The molecule has 1 fully saturated rings. The minimum Gasteiger partial charge on any atom is -0.486 e. The van der Waals surface area contributed by atoms with Gasteiger partial charge >= 0.3 is 0 Å². The highest BCUT2D eigenvalue weighted by atomic mass is 19.3. The largest absolute Gasteiger partial charge is 0.486 e. The Hall–Kier alpha value is -3.74. The molecular formula is C20H20F3N7O3. The van der Waals surface area contributed by atoms with Crippen molar-refractivity contribution in [3.05, 3.63) is 35.8 Å². The number of fused-ring (bicyclic) bond motifs is 2. The van der Waals surface area contributed by atoms with Crippen LogP contribution in [0.3, 0.4) is 0 Å². The van der Waals surface area contributed by atoms with Crippen molar-refractivity contribution in [1.29, 1.82) is 0 Å². The van der Waals surface area contributed by atoms with E-state index in [-0.39, 0.29) is 35.6 Å². The second-order valence-electron chi connectivity index (χ2n) is 7.73. The number of halogens is 3. The molecule has 4 N–H and O–H groups in total. The van der Waals surface area contributed by atoms with Gasteiger partial charge in [-0.15, -0.1) is 0 Å². The summed E-state index contributed by atoms with van der Waals surface area (Å²) in [5.41, 5.74) is 5.66. The van der Waals surface area contributed by atoms with Gasteiger partial charge in [-0.25, -0.2) is 23.6 Å². The molecule has 2 aromatic heterocycles. The number of benzene rings is 1. The summed E-state index contributed by atoms with van der Waals surface area (Å²) in [7, 11) is 1.67. The molecule has 10 nitrogen and oxygen atoms in total. The fraction of sp³-hybridized carbons (Fsp3) is 0.350. The maximum Gasteiger partial charge on any atom is 0.270 e. The fourth-order valence-corrected chi connectivity index (χ4v) is 3.71. The predicted octanol–water partition coefficient (Wildman–Crippen LogP) is 2.46. The number of alkyl halides is 2. The molecule has 0 spiro atoms. The molecule has 174 valence electrons. The molecule has 0 unspecified atom stereocenters. The average Bonchev–Trinajstić information content (AvgIpc) is 3.19. The number of aromatic nitrogens is 3. The first-order valence-corrected chi connectivity index (χ1v) is 10.2. The number of nitrogens with one attached hydrogen (secondary N) is 4. The SMILES string of the molecule is CNc1cc(Nc2cc(F)cc3c2OCCO3)nc2c(C(=O)NNC3CC(F)(F)C3)cnn12. The van der Waals surface area contributed by atoms with Crippen LogP contribution in [0.4, 0.5) is 30.5 Å². The number of nitrogens with zero attached hydrogens (tertiary/aromatic N) is 3. The van der Waals surface area contributed by atoms with Crippen LogP contribution in [-0.4, -0.2) is 52.7 Å². The van der Waals surface area contributed by atoms with E-state index in [1.807, 2.05) is 0 Å². The first-order chi connectivity index (χ1) is 15.8. The zero-order chi connectivity index (χ0) is 23.2. The maximum absolute atomic E-state index is 14.1. The van der Waals surface area contributed by atoms with Crippen LogP contribution in [0, 0.1) is 5.82 Å². The number of rotatable bonds is 6. The molecule has 1 amide bonds. The van der Waals surface area contributed by atoms with E-state index in [2.05, 4.69) is 31.6 Å². The lowest BCUT2D eigenvalue weighted by atomic mass is 9.89. The third-order valence-electron chi connectivity index (χ3n) is 5.32. The molecular weight excluding hydrogens is 443 g/mol. The highest BCUT2D eigenvalue weighted by Crippen LogP contribution is 2.40. The molecule has 0 bridgehead atoms. The van der Waals surface area contributed by atoms with E-state index in [4.69, 9.17) is 9.47 Å². The van der Waals surface area contributed by atoms with Crippen LogP contribution in [0.15, 0.2) is 24.4 Å². The smallest absolute Gasteiger partial charge is 0.270 e. The second-order valence-corrected chi connectivity index (χ2v) is 7.73. The van der Waals surface area contributed by atoms with Gasteiger partial charge in [0.1, 0.15) is 36.2 Å². The molecule has 1 saturated carbocycles. The van der Waals surface area contributed by atoms with Gasteiger partial charge in [0.25, 0.3) is 11.8 Å². The minimum atomic E-state index is -2.71. The van der Waals surface area contributed by atoms with E-state index in [1.54, 1.807) is 13.1 Å². The molecule has 1 aliphatic heterocycles. The third-order valence-corrected chi connectivity index (χ3v) is 5.32. The Morgan fingerprint density at radius 1 is 1.21 bits per heavy atom. The van der Waals surface area contributed by atoms with Crippen molar-refractivity contribution >= 4 is 28.9 Å². The van der Waals surface area contributed by atoms with Crippen LogP contribution >= 0.6 is 0 Å². The van der Waals surface area contributed by atoms with Gasteiger partial charge in [0.05, 0.1) is 11.9 Å². The predicted molar refractivity (Wildman–Crippen MR) is 112 cm³/mol. The van der Waals surface area contributed by atoms with Crippen LogP contribution < -0.4 is 31.0 Å². The molecule has 33 heavy (non-hydrogen) atoms. The Morgan fingerprint density at radius 2 is 2.00 bits per heavy atom. The van der Waals surface area contributed by atoms with E-state index in [9.17, 15) is 18.0 Å². The van der Waals surface area contributed by atoms with E-state index in [0.29, 0.717) is 30.5 Å². The van der Waals surface area contributed by atoms with Gasteiger partial charge in [0.15, 0.2) is 17.1 Å². The van der Waals surface area contributed by atoms with Crippen molar-refractivity contribution in [2.75, 3.05) is 30.9 Å². The van der Waals surface area contributed by atoms with Crippen molar-refractivity contribution in [3.8, 4) is 11.5 Å². The van der Waals surface area contributed by atoms with Crippen LogP contribution in [0.1, 0.15) is 23.2 Å². The molecule has 0 saturated heterocycles. The van der Waals surface area contributed by atoms with Crippen molar-refractivity contribution in [2.24, 2.45) is 0 Å². The summed E-state index contributed by atoms with van der Waals surface area (Å²) in [6.07, 6.45) is 0.629. The zero-order valence-electron chi connectivity index (χ0n) is 17.4. The van der Waals surface area contributed by atoms with Crippen molar-refractivity contribution in [3.63, 3.8) is 0 Å². The van der Waals surface area contributed by atoms with Gasteiger partial charge in [-0.2, -0.15) is 9.61 Å². The number of amides is 1. The Bertz CT molecular complexity index is 1230. The molecule has 3 aromatic rings. The first kappa shape index (κ1) is 21.1. The van der Waals surface area contributed by atoms with Crippen molar-refractivity contribution in [2.45, 2.75) is 24.8 Å². The van der Waals surface area contributed by atoms with Gasteiger partial charge in [-0.05, 0) is 0 Å². The number of hydrogen-bond acceptors (Lipinski definition) is 8. The quantitative estimate of drug-likeness (QED) is 0.413. The van der Waals surface area contributed by atoms with E-state index >= 15 is 0 Å². The maximum atomic E-state index is 14.1. The third kappa shape index (κ3) is 4.06. The number of hydrogen-bond donors (Lipinski definition) is 4. The molecule has 1 aliphatic carbocycles. The summed E-state index contributed by atoms with van der Waals surface area (Å²) >= 11 is 0. The normalized spacial score (nSPS) is 16.8. The van der Waals surface area contributed by atoms with Crippen molar-refractivity contribution < 1.29 is 27.4 Å². The summed E-state index contributed by atoms with van der Waals surface area (Å²) in [6.45, 7) is 0.624. The minimum absolute atomic E-state index is 0.120. The molecule has 13 heteroatoms. The molecule has 5 rings (SSSR count). The molecule has 0 atom stereocenters. The highest BCUT2D eigenvalue weighted by Gasteiger charge is 2.45. The van der Waals surface area contributed by atoms with Gasteiger partial charge in [0, 0.05) is 44.1 Å². The number of ether oxygens (including phenoxy) is 2. The zero-order valence-corrected chi connectivity index (χ0v) is 17.4. The van der Waals surface area contributed by atoms with Crippen LogP contribution in [0.5, 0.6) is 11.5 Å². The summed E-state index contributed by atoms with van der Waals surface area (Å²) in [5.74, 6) is -2.40. The summed E-state index contributed by atoms with van der Waals surface area (Å²) in [6, 6.07) is 3.60. The van der Waals surface area contributed by atoms with Crippen LogP contribution in [0.25, 0.3) is 5.65 Å². The van der Waals surface area contributed by atoms with Gasteiger partial charge in [-0.3, -0.25) is 10.2 Å². The van der Waals surface area contributed by atoms with Gasteiger partial charge in [0.2, 0.25) is 0 Å². The fourth-order valence-electron chi connectivity index (χ4n) is 3.71. The van der Waals surface area contributed by atoms with Crippen LogP contribution in [0.2, 0.25) is 0 Å². The molecule has 1 aromatic carbocycles. The van der Waals surface area contributed by atoms with Crippen LogP contribution in [-0.2, 0) is 0 Å².